The van der Waals surface area contributed by atoms with Crippen LogP contribution in [0.25, 0.3) is 0 Å². The van der Waals surface area contributed by atoms with Gasteiger partial charge in [0.2, 0.25) is 0 Å². The topological polar surface area (TPSA) is 237 Å². The number of hydrogen-bond donors (Lipinski definition) is 3. The lowest BCUT2D eigenvalue weighted by molar-refractivity contribution is -0.161. The molecule has 0 radical (unpaired) electrons. The van der Waals surface area contributed by atoms with Gasteiger partial charge in [0.15, 0.2) is 12.2 Å². The second-order valence-electron chi connectivity index (χ2n) is 27.4. The summed E-state index contributed by atoms with van der Waals surface area (Å²) in [7, 11) is -9.91. The molecule has 0 aliphatic carbocycles. The van der Waals surface area contributed by atoms with Gasteiger partial charge in [0.1, 0.15) is 19.3 Å². The Hall–Kier alpha value is -1.94. The van der Waals surface area contributed by atoms with Crippen LogP contribution in [0.1, 0.15) is 407 Å². The zero-order chi connectivity index (χ0) is 69.7. The van der Waals surface area contributed by atoms with Crippen LogP contribution in [0.15, 0.2) is 0 Å². The molecular weight excluding hydrogens is 1250 g/mol. The molecule has 0 aromatic carbocycles. The molecule has 0 saturated heterocycles. The number of carbonyl (C=O) groups excluding carboxylic acids is 4. The van der Waals surface area contributed by atoms with Crippen LogP contribution < -0.4 is 0 Å². The number of phosphoric ester groups is 2. The van der Waals surface area contributed by atoms with Gasteiger partial charge >= 0.3 is 39.5 Å². The molecule has 19 heteroatoms. The molecule has 0 amide bonds. The zero-order valence-corrected chi connectivity index (χ0v) is 63.4. The number of aliphatic hydroxyl groups excluding tert-OH is 1. The molecule has 0 spiro atoms. The standard InChI is InChI=1S/C76H148O17P2/c1-5-9-13-17-21-25-29-32-34-36-38-40-43-47-51-55-59-63-76(81)93-72(67-87-74(79)61-57-53-49-45-42-39-37-35-33-30-26-22-18-14-10-6-2)69-91-95(84,85)89-65-70(77)64-88-94(82,83)90-68-71(66-86-73(78)60-56-52-48-44-28-24-20-16-12-8-4)92-75(80)62-58-54-50-46-41-31-27-23-19-15-11-7-3/h70-72,77H,5-69H2,1-4H3,(H,82,83)(H,84,85)/t70-,71+,72+/m0/s1. The number of aliphatic hydroxyl groups is 1. The van der Waals surface area contributed by atoms with Gasteiger partial charge in [0.05, 0.1) is 26.4 Å². The number of carbonyl (C=O) groups is 4. The summed E-state index contributed by atoms with van der Waals surface area (Å²) in [4.78, 5) is 72.8. The van der Waals surface area contributed by atoms with E-state index in [0.717, 1.165) is 89.9 Å². The van der Waals surface area contributed by atoms with E-state index in [9.17, 15) is 43.2 Å². The van der Waals surface area contributed by atoms with E-state index >= 15 is 0 Å². The Bertz CT molecular complexity index is 1810. The summed E-state index contributed by atoms with van der Waals surface area (Å²) in [5, 5.41) is 10.6. The van der Waals surface area contributed by atoms with E-state index in [1.54, 1.807) is 0 Å². The third kappa shape index (κ3) is 70.3. The average Bonchev–Trinajstić information content (AvgIpc) is 1.89. The number of unbranched alkanes of at least 4 members (excludes halogenated alkanes) is 51. The van der Waals surface area contributed by atoms with Crippen molar-refractivity contribution in [1.82, 2.24) is 0 Å². The van der Waals surface area contributed by atoms with Gasteiger partial charge in [-0.1, -0.05) is 355 Å². The molecule has 0 aromatic heterocycles. The molecule has 17 nitrogen and oxygen atoms in total. The molecular formula is C76H148O17P2. The maximum atomic E-state index is 13.1. The summed E-state index contributed by atoms with van der Waals surface area (Å²) < 4.78 is 68.5. The fourth-order valence-corrected chi connectivity index (χ4v) is 13.3. The molecule has 0 aliphatic heterocycles. The van der Waals surface area contributed by atoms with E-state index in [-0.39, 0.29) is 25.7 Å². The Morgan fingerprint density at radius 3 is 0.621 bits per heavy atom. The molecule has 95 heavy (non-hydrogen) atoms. The smallest absolute Gasteiger partial charge is 0.462 e. The van der Waals surface area contributed by atoms with Crippen molar-refractivity contribution in [3.63, 3.8) is 0 Å². The van der Waals surface area contributed by atoms with E-state index < -0.39 is 97.5 Å². The van der Waals surface area contributed by atoms with Crippen LogP contribution in [-0.2, 0) is 65.4 Å². The predicted octanol–water partition coefficient (Wildman–Crippen LogP) is 22.6. The van der Waals surface area contributed by atoms with Gasteiger partial charge in [-0.05, 0) is 25.7 Å². The molecule has 0 aliphatic rings. The molecule has 2 unspecified atom stereocenters. The molecule has 5 atom stereocenters. The van der Waals surface area contributed by atoms with Crippen LogP contribution in [0.5, 0.6) is 0 Å². The van der Waals surface area contributed by atoms with Crippen molar-refractivity contribution in [3.8, 4) is 0 Å². The van der Waals surface area contributed by atoms with Crippen LogP contribution >= 0.6 is 15.6 Å². The summed E-state index contributed by atoms with van der Waals surface area (Å²) in [6, 6.07) is 0. The minimum atomic E-state index is -4.96. The first-order chi connectivity index (χ1) is 46.2. The van der Waals surface area contributed by atoms with Crippen LogP contribution in [-0.4, -0.2) is 96.7 Å². The van der Waals surface area contributed by atoms with Crippen LogP contribution in [0, 0.1) is 0 Å². The van der Waals surface area contributed by atoms with Gasteiger partial charge in [0, 0.05) is 25.7 Å². The van der Waals surface area contributed by atoms with Gasteiger partial charge in [-0.3, -0.25) is 37.3 Å². The van der Waals surface area contributed by atoms with Crippen molar-refractivity contribution in [2.45, 2.75) is 425 Å². The quantitative estimate of drug-likeness (QED) is 0.0222. The minimum absolute atomic E-state index is 0.108. The van der Waals surface area contributed by atoms with E-state index in [2.05, 4.69) is 27.7 Å². The number of esters is 4. The van der Waals surface area contributed by atoms with Crippen molar-refractivity contribution >= 4 is 39.5 Å². The van der Waals surface area contributed by atoms with E-state index in [1.165, 1.54) is 238 Å². The lowest BCUT2D eigenvalue weighted by Gasteiger charge is -2.21. The highest BCUT2D eigenvalue weighted by Crippen LogP contribution is 2.45. The van der Waals surface area contributed by atoms with Gasteiger partial charge in [-0.2, -0.15) is 0 Å². The fourth-order valence-electron chi connectivity index (χ4n) is 11.8. The molecule has 0 bridgehead atoms. The van der Waals surface area contributed by atoms with Gasteiger partial charge < -0.3 is 33.8 Å². The summed E-state index contributed by atoms with van der Waals surface area (Å²) in [6.07, 6.45) is 60.9. The first-order valence-electron chi connectivity index (χ1n) is 39.8. The SMILES string of the molecule is CCCCCCCCCCCCCCCCCCCC(=O)O[C@H](COC(=O)CCCCCCCCCCCCCCCCCC)COP(=O)(O)OC[C@@H](O)COP(=O)(O)OC[C@@H](COC(=O)CCCCCCCCCCCC)OC(=O)CCCCCCCCCCCCCC. The third-order valence-electron chi connectivity index (χ3n) is 17.9. The van der Waals surface area contributed by atoms with Gasteiger partial charge in [0.25, 0.3) is 0 Å². The average molecular weight is 1400 g/mol. The lowest BCUT2D eigenvalue weighted by atomic mass is 10.0. The highest BCUT2D eigenvalue weighted by Gasteiger charge is 2.30. The van der Waals surface area contributed by atoms with Crippen LogP contribution in [0.4, 0.5) is 0 Å². The van der Waals surface area contributed by atoms with E-state index in [1.807, 2.05) is 0 Å². The molecule has 0 heterocycles. The summed E-state index contributed by atoms with van der Waals surface area (Å²) >= 11 is 0. The van der Waals surface area contributed by atoms with Crippen molar-refractivity contribution in [3.05, 3.63) is 0 Å². The number of ether oxygens (including phenoxy) is 4. The Morgan fingerprint density at radius 2 is 0.421 bits per heavy atom. The summed E-state index contributed by atoms with van der Waals surface area (Å²) in [6.45, 7) is 4.99. The number of hydrogen-bond acceptors (Lipinski definition) is 15. The maximum Gasteiger partial charge on any atom is 0.472 e. The van der Waals surface area contributed by atoms with Crippen molar-refractivity contribution in [2.75, 3.05) is 39.6 Å². The van der Waals surface area contributed by atoms with Crippen molar-refractivity contribution in [2.24, 2.45) is 0 Å². The lowest BCUT2D eigenvalue weighted by Crippen LogP contribution is -2.30. The normalized spacial score (nSPS) is 13.9. The van der Waals surface area contributed by atoms with E-state index in [0.29, 0.717) is 25.7 Å². The first-order valence-corrected chi connectivity index (χ1v) is 42.8. The Kier molecular flexibility index (Phi) is 69.1. The Labute approximate surface area is 581 Å². The second-order valence-corrected chi connectivity index (χ2v) is 30.3. The van der Waals surface area contributed by atoms with Gasteiger partial charge in [-0.25, -0.2) is 9.13 Å². The van der Waals surface area contributed by atoms with E-state index in [4.69, 9.17) is 37.0 Å². The van der Waals surface area contributed by atoms with Crippen LogP contribution in [0.2, 0.25) is 0 Å². The summed E-state index contributed by atoms with van der Waals surface area (Å²) in [5.74, 6) is -2.11. The van der Waals surface area contributed by atoms with Gasteiger partial charge in [-0.15, -0.1) is 0 Å². The molecule has 3 N–H and O–H groups in total. The maximum absolute atomic E-state index is 13.1. The highest BCUT2D eigenvalue weighted by atomic mass is 31.2. The molecule has 0 aromatic rings. The monoisotopic (exact) mass is 1400 g/mol. The van der Waals surface area contributed by atoms with Crippen molar-refractivity contribution in [1.29, 1.82) is 0 Å². The molecule has 0 rings (SSSR count). The molecule has 0 fully saturated rings. The first kappa shape index (κ1) is 93.1. The predicted molar refractivity (Wildman–Crippen MR) is 386 cm³/mol. The third-order valence-corrected chi connectivity index (χ3v) is 19.8. The Morgan fingerprint density at radius 1 is 0.253 bits per heavy atom. The zero-order valence-electron chi connectivity index (χ0n) is 61.6. The largest absolute Gasteiger partial charge is 0.472 e. The van der Waals surface area contributed by atoms with Crippen LogP contribution in [0.3, 0.4) is 0 Å². The highest BCUT2D eigenvalue weighted by molar-refractivity contribution is 7.47. The summed E-state index contributed by atoms with van der Waals surface area (Å²) in [5.41, 5.74) is 0. The number of phosphoric acid groups is 2. The minimum Gasteiger partial charge on any atom is -0.462 e. The molecule has 0 saturated carbocycles. The fraction of sp³-hybridized carbons (Fsp3) is 0.947. The second kappa shape index (κ2) is 70.5. The Balaban J connectivity index is 5.23. The number of rotatable bonds is 77. The molecule has 564 valence electrons. The van der Waals surface area contributed by atoms with Crippen molar-refractivity contribution < 1.29 is 80.2 Å².